The Labute approximate surface area is 60.1 Å². The maximum Gasteiger partial charge on any atom is 0.178 e. The number of rotatable bonds is 1. The molecule has 10 heavy (non-hydrogen) atoms. The van der Waals surface area contributed by atoms with E-state index in [-0.39, 0.29) is 6.10 Å². The first-order valence-corrected chi connectivity index (χ1v) is 3.60. The van der Waals surface area contributed by atoms with Crippen LogP contribution in [0.2, 0.25) is 0 Å². The van der Waals surface area contributed by atoms with Gasteiger partial charge in [-0.15, -0.1) is 0 Å². The van der Waals surface area contributed by atoms with Gasteiger partial charge in [0.1, 0.15) is 0 Å². The molecule has 1 atom stereocenters. The summed E-state index contributed by atoms with van der Waals surface area (Å²) >= 11 is 0. The van der Waals surface area contributed by atoms with E-state index in [0.717, 1.165) is 18.6 Å². The minimum Gasteiger partial charge on any atom is -0.338 e. The Bertz CT molecular complexity index is 193. The molecule has 1 aliphatic carbocycles. The molecule has 2 rings (SSSR count). The molecule has 54 valence electrons. The van der Waals surface area contributed by atoms with Gasteiger partial charge in [0, 0.05) is 0 Å². The summed E-state index contributed by atoms with van der Waals surface area (Å²) in [4.78, 5) is 9.71. The van der Waals surface area contributed by atoms with Crippen LogP contribution in [-0.2, 0) is 9.78 Å². The van der Waals surface area contributed by atoms with Gasteiger partial charge in [-0.25, -0.2) is 0 Å². The van der Waals surface area contributed by atoms with Crippen LogP contribution in [0.1, 0.15) is 19.3 Å². The molecule has 0 saturated carbocycles. The summed E-state index contributed by atoms with van der Waals surface area (Å²) in [7, 11) is 0. The number of fused-ring (bicyclic) bond motifs is 1. The van der Waals surface area contributed by atoms with E-state index in [2.05, 4.69) is 6.58 Å². The molecule has 0 spiro atoms. The molecule has 1 unspecified atom stereocenters. The Kier molecular flexibility index (Phi) is 1.27. The van der Waals surface area contributed by atoms with Crippen LogP contribution in [0.3, 0.4) is 0 Å². The van der Waals surface area contributed by atoms with Gasteiger partial charge in [-0.2, -0.15) is 4.89 Å². The second-order valence-electron chi connectivity index (χ2n) is 2.65. The van der Waals surface area contributed by atoms with Crippen LogP contribution in [0.5, 0.6) is 0 Å². The van der Waals surface area contributed by atoms with E-state index in [4.69, 9.17) is 9.78 Å². The summed E-state index contributed by atoms with van der Waals surface area (Å²) < 4.78 is 0. The van der Waals surface area contributed by atoms with E-state index in [1.165, 1.54) is 12.0 Å². The van der Waals surface area contributed by atoms with E-state index >= 15 is 0 Å². The van der Waals surface area contributed by atoms with Crippen LogP contribution < -0.4 is 0 Å². The van der Waals surface area contributed by atoms with Gasteiger partial charge in [0.05, 0.1) is 0 Å². The molecule has 2 heteroatoms. The minimum absolute atomic E-state index is 0.252. The van der Waals surface area contributed by atoms with Crippen molar-refractivity contribution in [3.05, 3.63) is 24.0 Å². The fourth-order valence-electron chi connectivity index (χ4n) is 1.41. The maximum absolute atomic E-state index is 4.86. The fraction of sp³-hybridized carbons (Fsp3) is 0.500. The Morgan fingerprint density at radius 3 is 3.00 bits per heavy atom. The summed E-state index contributed by atoms with van der Waals surface area (Å²) in [6, 6.07) is 0. The summed E-state index contributed by atoms with van der Waals surface area (Å²) in [6.45, 7) is 3.71. The van der Waals surface area contributed by atoms with Crippen LogP contribution in [-0.4, -0.2) is 6.10 Å². The highest BCUT2D eigenvalue weighted by molar-refractivity contribution is 5.26. The number of hydrogen-bond acceptors (Lipinski definition) is 2. The molecule has 0 aromatic heterocycles. The van der Waals surface area contributed by atoms with Gasteiger partial charge in [-0.3, -0.25) is 0 Å². The topological polar surface area (TPSA) is 18.5 Å². The normalized spacial score (nSPS) is 30.2. The molecule has 2 nitrogen and oxygen atoms in total. The first kappa shape index (κ1) is 5.98. The summed E-state index contributed by atoms with van der Waals surface area (Å²) in [6.07, 6.45) is 5.51. The highest BCUT2D eigenvalue weighted by Crippen LogP contribution is 2.35. The van der Waals surface area contributed by atoms with Crippen molar-refractivity contribution in [3.63, 3.8) is 0 Å². The van der Waals surface area contributed by atoms with Crippen molar-refractivity contribution >= 4 is 0 Å². The van der Waals surface area contributed by atoms with Crippen molar-refractivity contribution in [1.82, 2.24) is 0 Å². The van der Waals surface area contributed by atoms with Crippen molar-refractivity contribution in [2.75, 3.05) is 0 Å². The maximum atomic E-state index is 4.86. The molecule has 0 aromatic rings. The van der Waals surface area contributed by atoms with Gasteiger partial charge in [-0.05, 0) is 24.8 Å². The summed E-state index contributed by atoms with van der Waals surface area (Å²) in [5.41, 5.74) is 1.22. The molecular weight excluding hydrogens is 128 g/mol. The van der Waals surface area contributed by atoms with Crippen molar-refractivity contribution in [1.29, 1.82) is 0 Å². The molecule has 1 fully saturated rings. The molecule has 0 bridgehead atoms. The fourth-order valence-corrected chi connectivity index (χ4v) is 1.41. The highest BCUT2D eigenvalue weighted by Gasteiger charge is 2.34. The molecule has 1 saturated heterocycles. The zero-order chi connectivity index (χ0) is 6.97. The number of allylic oxidation sites excluding steroid dienone is 2. The van der Waals surface area contributed by atoms with E-state index in [0.29, 0.717) is 0 Å². The Morgan fingerprint density at radius 2 is 2.50 bits per heavy atom. The van der Waals surface area contributed by atoms with E-state index in [1.54, 1.807) is 0 Å². The van der Waals surface area contributed by atoms with Crippen LogP contribution >= 0.6 is 0 Å². The smallest absolute Gasteiger partial charge is 0.178 e. The molecule has 2 aliphatic rings. The zero-order valence-electron chi connectivity index (χ0n) is 5.80. The SMILES string of the molecule is C=CC1=C2OOC2CCC1. The lowest BCUT2D eigenvalue weighted by atomic mass is 9.95. The number of hydrogen-bond donors (Lipinski definition) is 0. The van der Waals surface area contributed by atoms with Gasteiger partial charge in [0.2, 0.25) is 0 Å². The van der Waals surface area contributed by atoms with Crippen molar-refractivity contribution in [2.45, 2.75) is 25.4 Å². The monoisotopic (exact) mass is 138 g/mol. The Hall–Kier alpha value is -0.760. The largest absolute Gasteiger partial charge is 0.338 e. The molecule has 0 N–H and O–H groups in total. The van der Waals surface area contributed by atoms with Crippen LogP contribution in [0.15, 0.2) is 24.0 Å². The van der Waals surface area contributed by atoms with Gasteiger partial charge in [0.15, 0.2) is 11.9 Å². The van der Waals surface area contributed by atoms with Crippen molar-refractivity contribution in [3.8, 4) is 0 Å². The van der Waals surface area contributed by atoms with Crippen LogP contribution in [0.25, 0.3) is 0 Å². The first-order valence-electron chi connectivity index (χ1n) is 3.60. The molecular formula is C8H10O2. The third-order valence-electron chi connectivity index (χ3n) is 2.02. The second kappa shape index (κ2) is 2.13. The zero-order valence-corrected chi connectivity index (χ0v) is 5.80. The quantitative estimate of drug-likeness (QED) is 0.515. The average molecular weight is 138 g/mol. The van der Waals surface area contributed by atoms with Gasteiger partial charge in [0.25, 0.3) is 0 Å². The molecule has 1 aliphatic heterocycles. The van der Waals surface area contributed by atoms with Gasteiger partial charge < -0.3 is 4.89 Å². The lowest BCUT2D eigenvalue weighted by Gasteiger charge is -2.33. The third kappa shape index (κ3) is 0.688. The average Bonchev–Trinajstić information content (AvgIpc) is 1.91. The molecule has 1 heterocycles. The van der Waals surface area contributed by atoms with E-state index < -0.39 is 0 Å². The standard InChI is InChI=1S/C8H10O2/c1-2-6-4-3-5-7-8(6)10-9-7/h2,7H,1,3-5H2. The first-order chi connectivity index (χ1) is 4.92. The van der Waals surface area contributed by atoms with Gasteiger partial charge in [-0.1, -0.05) is 12.7 Å². The van der Waals surface area contributed by atoms with Crippen molar-refractivity contribution < 1.29 is 9.78 Å². The summed E-state index contributed by atoms with van der Waals surface area (Å²) in [5.74, 6) is 1.02. The molecule has 0 radical (unpaired) electrons. The Balaban J connectivity index is 2.25. The highest BCUT2D eigenvalue weighted by atomic mass is 17.2. The minimum atomic E-state index is 0.252. The van der Waals surface area contributed by atoms with Crippen LogP contribution in [0.4, 0.5) is 0 Å². The predicted molar refractivity (Wildman–Crippen MR) is 37.0 cm³/mol. The van der Waals surface area contributed by atoms with E-state index in [9.17, 15) is 0 Å². The molecule has 0 amide bonds. The molecule has 0 aromatic carbocycles. The lowest BCUT2D eigenvalue weighted by molar-refractivity contribution is -0.381. The third-order valence-corrected chi connectivity index (χ3v) is 2.02. The van der Waals surface area contributed by atoms with Crippen LogP contribution in [0, 0.1) is 0 Å². The lowest BCUT2D eigenvalue weighted by Crippen LogP contribution is -2.32. The van der Waals surface area contributed by atoms with E-state index in [1.807, 2.05) is 6.08 Å². The van der Waals surface area contributed by atoms with Crippen molar-refractivity contribution in [2.24, 2.45) is 0 Å². The predicted octanol–water partition coefficient (Wildman–Crippen LogP) is 1.94. The Morgan fingerprint density at radius 1 is 1.60 bits per heavy atom. The second-order valence-corrected chi connectivity index (χ2v) is 2.65. The van der Waals surface area contributed by atoms with Gasteiger partial charge >= 0.3 is 0 Å². The summed E-state index contributed by atoms with van der Waals surface area (Å²) in [5, 5.41) is 0.